The van der Waals surface area contributed by atoms with Crippen LogP contribution in [0.1, 0.15) is 15.9 Å². The minimum absolute atomic E-state index is 0.175. The molecule has 0 saturated heterocycles. The van der Waals surface area contributed by atoms with Gasteiger partial charge in [-0.05, 0) is 48.0 Å². The zero-order valence-electron chi connectivity index (χ0n) is 19.3. The number of hydrogen-bond acceptors (Lipinski definition) is 6. The van der Waals surface area contributed by atoms with Gasteiger partial charge in [0, 0.05) is 17.5 Å². The molecule has 1 amide bonds. The number of ether oxygens (including phenoxy) is 2. The lowest BCUT2D eigenvalue weighted by atomic mass is 10.0. The van der Waals surface area contributed by atoms with E-state index < -0.39 is 0 Å². The molecule has 2 heterocycles. The fourth-order valence-electron chi connectivity index (χ4n) is 3.89. The Labute approximate surface area is 202 Å². The molecule has 0 radical (unpaired) electrons. The first kappa shape index (κ1) is 22.1. The van der Waals surface area contributed by atoms with E-state index in [-0.39, 0.29) is 5.91 Å². The van der Waals surface area contributed by atoms with Crippen LogP contribution in [0.15, 0.2) is 85.5 Å². The Morgan fingerprint density at radius 1 is 0.943 bits per heavy atom. The summed E-state index contributed by atoms with van der Waals surface area (Å²) in [6.07, 6.45) is 3.13. The first-order valence-corrected chi connectivity index (χ1v) is 11.0. The van der Waals surface area contributed by atoms with Crippen LogP contribution in [0.2, 0.25) is 0 Å². The van der Waals surface area contributed by atoms with Crippen LogP contribution in [0.4, 0.5) is 0 Å². The molecular formula is C27H23N5O3. The van der Waals surface area contributed by atoms with Gasteiger partial charge in [0.1, 0.15) is 12.7 Å². The molecule has 0 unspecified atom stereocenters. The van der Waals surface area contributed by atoms with Crippen LogP contribution in [0.5, 0.6) is 11.5 Å². The van der Waals surface area contributed by atoms with Crippen LogP contribution in [-0.4, -0.2) is 39.9 Å². The number of amides is 1. The van der Waals surface area contributed by atoms with Crippen molar-refractivity contribution in [2.45, 2.75) is 6.54 Å². The van der Waals surface area contributed by atoms with Gasteiger partial charge in [-0.15, -0.1) is 0 Å². The van der Waals surface area contributed by atoms with Crippen LogP contribution < -0.4 is 14.8 Å². The van der Waals surface area contributed by atoms with Crippen LogP contribution in [0.25, 0.3) is 27.8 Å². The lowest BCUT2D eigenvalue weighted by Crippen LogP contribution is -2.23. The lowest BCUT2D eigenvalue weighted by molar-refractivity contribution is 0.0952. The predicted octanol–water partition coefficient (Wildman–Crippen LogP) is 4.43. The number of pyridine rings is 1. The molecule has 174 valence electrons. The number of rotatable bonds is 7. The Morgan fingerprint density at radius 3 is 2.49 bits per heavy atom. The number of hydrogen-bond donors (Lipinski definition) is 1. The highest BCUT2D eigenvalue weighted by molar-refractivity contribution is 6.07. The van der Waals surface area contributed by atoms with E-state index in [4.69, 9.17) is 14.5 Å². The van der Waals surface area contributed by atoms with E-state index in [9.17, 15) is 4.79 Å². The van der Waals surface area contributed by atoms with E-state index in [1.165, 1.54) is 6.33 Å². The summed E-state index contributed by atoms with van der Waals surface area (Å²) in [5, 5.41) is 7.95. The first-order valence-electron chi connectivity index (χ1n) is 11.0. The van der Waals surface area contributed by atoms with Crippen molar-refractivity contribution in [1.29, 1.82) is 0 Å². The van der Waals surface area contributed by atoms with E-state index in [0.29, 0.717) is 29.3 Å². The molecule has 3 aromatic carbocycles. The number of benzene rings is 3. The van der Waals surface area contributed by atoms with Gasteiger partial charge in [-0.3, -0.25) is 4.79 Å². The fourth-order valence-corrected chi connectivity index (χ4v) is 3.89. The van der Waals surface area contributed by atoms with Crippen LogP contribution in [0.3, 0.4) is 0 Å². The molecule has 0 aliphatic rings. The van der Waals surface area contributed by atoms with Crippen molar-refractivity contribution in [3.05, 3.63) is 96.6 Å². The Balaban J connectivity index is 1.42. The van der Waals surface area contributed by atoms with Gasteiger partial charge < -0.3 is 14.8 Å². The number of methoxy groups -OCH3 is 2. The van der Waals surface area contributed by atoms with E-state index in [2.05, 4.69) is 15.4 Å². The third-order valence-electron chi connectivity index (χ3n) is 5.71. The number of carbonyl (C=O) groups excluding carboxylic acids is 1. The van der Waals surface area contributed by atoms with Crippen molar-refractivity contribution in [3.8, 4) is 28.4 Å². The number of nitrogens with zero attached hydrogens (tertiary/aromatic N) is 4. The number of para-hydroxylation sites is 1. The third-order valence-corrected chi connectivity index (χ3v) is 5.71. The summed E-state index contributed by atoms with van der Waals surface area (Å²) >= 11 is 0. The van der Waals surface area contributed by atoms with Gasteiger partial charge in [-0.1, -0.05) is 30.3 Å². The molecule has 8 heteroatoms. The predicted molar refractivity (Wildman–Crippen MR) is 133 cm³/mol. The summed E-state index contributed by atoms with van der Waals surface area (Å²) in [5.74, 6) is 1.05. The molecule has 0 fully saturated rings. The molecule has 0 saturated carbocycles. The SMILES string of the molecule is COc1ccc(-c2cc(C(=O)NCc3ccc(-n4cncn4)cc3)c3ccccc3n2)cc1OC. The van der Waals surface area contributed by atoms with Crippen molar-refractivity contribution in [1.82, 2.24) is 25.1 Å². The minimum Gasteiger partial charge on any atom is -0.493 e. The van der Waals surface area contributed by atoms with Gasteiger partial charge in [0.15, 0.2) is 11.5 Å². The molecule has 0 spiro atoms. The zero-order valence-corrected chi connectivity index (χ0v) is 19.3. The van der Waals surface area contributed by atoms with Gasteiger partial charge in [0.05, 0.1) is 36.7 Å². The maximum atomic E-state index is 13.3. The van der Waals surface area contributed by atoms with Crippen molar-refractivity contribution in [2.75, 3.05) is 14.2 Å². The summed E-state index contributed by atoms with van der Waals surface area (Å²) < 4.78 is 12.5. The zero-order chi connectivity index (χ0) is 24.2. The molecule has 0 bridgehead atoms. The summed E-state index contributed by atoms with van der Waals surface area (Å²) in [5.41, 5.74) is 4.66. The standard InChI is InChI=1S/C27H23N5O3/c1-34-25-12-9-19(13-26(25)35-2)24-14-22(21-5-3-4-6-23(21)31-24)27(33)29-15-18-7-10-20(11-8-18)32-17-28-16-30-32/h3-14,16-17H,15H2,1-2H3,(H,29,33). The molecular weight excluding hydrogens is 442 g/mol. The smallest absolute Gasteiger partial charge is 0.252 e. The van der Waals surface area contributed by atoms with Gasteiger partial charge in [-0.25, -0.2) is 14.6 Å². The highest BCUT2D eigenvalue weighted by Crippen LogP contribution is 2.33. The molecule has 8 nitrogen and oxygen atoms in total. The number of fused-ring (bicyclic) bond motifs is 1. The maximum absolute atomic E-state index is 13.3. The van der Waals surface area contributed by atoms with Crippen molar-refractivity contribution in [3.63, 3.8) is 0 Å². The molecule has 5 aromatic rings. The van der Waals surface area contributed by atoms with Gasteiger partial charge in [0.25, 0.3) is 5.91 Å². The van der Waals surface area contributed by atoms with Gasteiger partial charge in [-0.2, -0.15) is 5.10 Å². The molecule has 35 heavy (non-hydrogen) atoms. The third kappa shape index (κ3) is 4.54. The highest BCUT2D eigenvalue weighted by Gasteiger charge is 2.15. The van der Waals surface area contributed by atoms with Crippen LogP contribution >= 0.6 is 0 Å². The molecule has 1 N–H and O–H groups in total. The molecule has 0 aliphatic carbocycles. The van der Waals surface area contributed by atoms with Crippen molar-refractivity contribution >= 4 is 16.8 Å². The average molecular weight is 466 g/mol. The molecule has 2 aromatic heterocycles. The minimum atomic E-state index is -0.175. The van der Waals surface area contributed by atoms with Gasteiger partial charge >= 0.3 is 0 Å². The Bertz CT molecular complexity index is 1480. The quantitative estimate of drug-likeness (QED) is 0.382. The topological polar surface area (TPSA) is 91.2 Å². The summed E-state index contributed by atoms with van der Waals surface area (Å²) in [6.45, 7) is 0.388. The normalized spacial score (nSPS) is 10.8. The summed E-state index contributed by atoms with van der Waals surface area (Å²) in [6, 6.07) is 22.8. The number of carbonyl (C=O) groups is 1. The lowest BCUT2D eigenvalue weighted by Gasteiger charge is -2.13. The molecule has 0 aliphatic heterocycles. The second kappa shape index (κ2) is 9.64. The maximum Gasteiger partial charge on any atom is 0.252 e. The Hall–Kier alpha value is -4.72. The second-order valence-corrected chi connectivity index (χ2v) is 7.83. The summed E-state index contributed by atoms with van der Waals surface area (Å²) in [7, 11) is 3.18. The van der Waals surface area contributed by atoms with E-state index in [0.717, 1.165) is 27.7 Å². The van der Waals surface area contributed by atoms with Crippen LogP contribution in [-0.2, 0) is 6.54 Å². The summed E-state index contributed by atoms with van der Waals surface area (Å²) in [4.78, 5) is 22.0. The van der Waals surface area contributed by atoms with Gasteiger partial charge in [0.2, 0.25) is 0 Å². The number of aromatic nitrogens is 4. The molecule has 5 rings (SSSR count). The second-order valence-electron chi connectivity index (χ2n) is 7.83. The molecule has 0 atom stereocenters. The Morgan fingerprint density at radius 2 is 1.74 bits per heavy atom. The first-order chi connectivity index (χ1) is 17.2. The van der Waals surface area contributed by atoms with Crippen LogP contribution in [0, 0.1) is 0 Å². The van der Waals surface area contributed by atoms with Crippen molar-refractivity contribution < 1.29 is 14.3 Å². The van der Waals surface area contributed by atoms with Crippen molar-refractivity contribution in [2.24, 2.45) is 0 Å². The fraction of sp³-hybridized carbons (Fsp3) is 0.111. The van der Waals surface area contributed by atoms with E-state index >= 15 is 0 Å². The van der Waals surface area contributed by atoms with E-state index in [1.54, 1.807) is 25.2 Å². The average Bonchev–Trinajstić information content (AvgIpc) is 3.46. The number of nitrogens with one attached hydrogen (secondary N) is 1. The monoisotopic (exact) mass is 465 g/mol. The largest absolute Gasteiger partial charge is 0.493 e. The highest BCUT2D eigenvalue weighted by atomic mass is 16.5. The van der Waals surface area contributed by atoms with E-state index in [1.807, 2.05) is 72.8 Å². The Kier molecular flexibility index (Phi) is 6.09.